The van der Waals surface area contributed by atoms with Crippen LogP contribution in [0.5, 0.6) is 0 Å². The molecule has 0 aliphatic carbocycles. The van der Waals surface area contributed by atoms with Gasteiger partial charge in [-0.25, -0.2) is 9.37 Å². The summed E-state index contributed by atoms with van der Waals surface area (Å²) in [6.45, 7) is 2.92. The lowest BCUT2D eigenvalue weighted by Crippen LogP contribution is -2.44. The molecule has 6 heteroatoms. The molecule has 0 saturated carbocycles. The van der Waals surface area contributed by atoms with Crippen molar-refractivity contribution in [3.63, 3.8) is 0 Å². The van der Waals surface area contributed by atoms with Crippen LogP contribution in [0.1, 0.15) is 42.1 Å². The van der Waals surface area contributed by atoms with Crippen LogP contribution in [0.25, 0.3) is 11.0 Å². The third kappa shape index (κ3) is 3.42. The molecular formula is C22H22FN3O2. The second kappa shape index (κ2) is 7.54. The van der Waals surface area contributed by atoms with Crippen molar-refractivity contribution in [2.24, 2.45) is 0 Å². The molecule has 0 bridgehead atoms. The molecular weight excluding hydrogens is 357 g/mol. The number of nitrogens with zero attached hydrogens (tertiary/aromatic N) is 3. The quantitative estimate of drug-likeness (QED) is 0.699. The molecule has 2 aromatic heterocycles. The SMILES string of the molecule is CC1CCCCN1C(=O)c1cc2cccnc2n(Cc2ccc(F)cc2)c1=O. The number of hydrogen-bond acceptors (Lipinski definition) is 3. The Kier molecular flexibility index (Phi) is 4.94. The Morgan fingerprint density at radius 3 is 2.75 bits per heavy atom. The third-order valence-corrected chi connectivity index (χ3v) is 5.40. The van der Waals surface area contributed by atoms with Crippen LogP contribution in [-0.2, 0) is 6.54 Å². The van der Waals surface area contributed by atoms with Crippen LogP contribution in [-0.4, -0.2) is 32.9 Å². The topological polar surface area (TPSA) is 55.2 Å². The predicted molar refractivity (Wildman–Crippen MR) is 106 cm³/mol. The monoisotopic (exact) mass is 379 g/mol. The van der Waals surface area contributed by atoms with Gasteiger partial charge in [0.25, 0.3) is 11.5 Å². The van der Waals surface area contributed by atoms with Gasteiger partial charge in [-0.05, 0) is 62.1 Å². The van der Waals surface area contributed by atoms with E-state index < -0.39 is 0 Å². The average molecular weight is 379 g/mol. The van der Waals surface area contributed by atoms with E-state index in [-0.39, 0.29) is 35.4 Å². The number of likely N-dealkylation sites (tertiary alicyclic amines) is 1. The van der Waals surface area contributed by atoms with Crippen LogP contribution in [0, 0.1) is 5.82 Å². The maximum atomic E-state index is 13.2. The van der Waals surface area contributed by atoms with Gasteiger partial charge in [-0.15, -0.1) is 0 Å². The zero-order valence-corrected chi connectivity index (χ0v) is 15.8. The van der Waals surface area contributed by atoms with Crippen molar-refractivity contribution >= 4 is 16.9 Å². The minimum Gasteiger partial charge on any atom is -0.336 e. The smallest absolute Gasteiger partial charge is 0.265 e. The molecule has 5 nitrogen and oxygen atoms in total. The Morgan fingerprint density at radius 1 is 1.21 bits per heavy atom. The number of aromatic nitrogens is 2. The molecule has 0 radical (unpaired) electrons. The minimum atomic E-state index is -0.363. The number of carbonyl (C=O) groups is 1. The number of pyridine rings is 2. The third-order valence-electron chi connectivity index (χ3n) is 5.40. The minimum absolute atomic E-state index is 0.121. The molecule has 1 amide bonds. The molecule has 0 N–H and O–H groups in total. The molecule has 1 aliphatic rings. The first-order valence-corrected chi connectivity index (χ1v) is 9.58. The van der Waals surface area contributed by atoms with E-state index in [9.17, 15) is 14.0 Å². The normalized spacial score (nSPS) is 17.1. The Morgan fingerprint density at radius 2 is 2.00 bits per heavy atom. The van der Waals surface area contributed by atoms with E-state index in [1.807, 2.05) is 13.0 Å². The summed E-state index contributed by atoms with van der Waals surface area (Å²) in [5.41, 5.74) is 1.08. The molecule has 1 saturated heterocycles. The highest BCUT2D eigenvalue weighted by Gasteiger charge is 2.27. The van der Waals surface area contributed by atoms with Crippen molar-refractivity contribution in [2.75, 3.05) is 6.54 Å². The Hall–Kier alpha value is -3.02. The summed E-state index contributed by atoms with van der Waals surface area (Å²) in [6.07, 6.45) is 4.62. The van der Waals surface area contributed by atoms with Crippen LogP contribution >= 0.6 is 0 Å². The van der Waals surface area contributed by atoms with E-state index in [1.165, 1.54) is 16.7 Å². The first kappa shape index (κ1) is 18.3. The number of carbonyl (C=O) groups excluding carboxylic acids is 1. The van der Waals surface area contributed by atoms with Crippen molar-refractivity contribution < 1.29 is 9.18 Å². The molecule has 3 aromatic rings. The lowest BCUT2D eigenvalue weighted by Gasteiger charge is -2.33. The summed E-state index contributed by atoms with van der Waals surface area (Å²) in [7, 11) is 0. The highest BCUT2D eigenvalue weighted by atomic mass is 19.1. The van der Waals surface area contributed by atoms with E-state index in [1.54, 1.807) is 35.4 Å². The van der Waals surface area contributed by atoms with Gasteiger partial charge in [0.15, 0.2) is 0 Å². The maximum Gasteiger partial charge on any atom is 0.265 e. The standard InChI is InChI=1S/C22H22FN3O2/c1-15-5-2-3-12-25(15)21(27)19-13-17-6-4-11-24-20(17)26(22(19)28)14-16-7-9-18(23)10-8-16/h4,6-11,13,15H,2-3,5,12,14H2,1H3. The molecule has 4 rings (SSSR count). The Labute approximate surface area is 162 Å². The molecule has 1 aromatic carbocycles. The zero-order valence-electron chi connectivity index (χ0n) is 15.8. The fourth-order valence-electron chi connectivity index (χ4n) is 3.83. The lowest BCUT2D eigenvalue weighted by molar-refractivity contribution is 0.0633. The lowest BCUT2D eigenvalue weighted by atomic mass is 10.0. The van der Waals surface area contributed by atoms with E-state index in [2.05, 4.69) is 4.98 Å². The first-order valence-electron chi connectivity index (χ1n) is 9.58. The van der Waals surface area contributed by atoms with E-state index in [4.69, 9.17) is 0 Å². The number of hydrogen-bond donors (Lipinski definition) is 0. The van der Waals surface area contributed by atoms with Gasteiger partial charge in [0, 0.05) is 24.2 Å². The van der Waals surface area contributed by atoms with Crippen molar-refractivity contribution in [3.05, 3.63) is 76.0 Å². The highest BCUT2D eigenvalue weighted by molar-refractivity contribution is 5.97. The van der Waals surface area contributed by atoms with Gasteiger partial charge in [0.1, 0.15) is 17.0 Å². The fourth-order valence-corrected chi connectivity index (χ4v) is 3.83. The van der Waals surface area contributed by atoms with Crippen LogP contribution in [0.15, 0.2) is 53.5 Å². The number of fused-ring (bicyclic) bond motifs is 1. The predicted octanol–water partition coefficient (Wildman–Crippen LogP) is 3.60. The van der Waals surface area contributed by atoms with Gasteiger partial charge < -0.3 is 4.90 Å². The van der Waals surface area contributed by atoms with Gasteiger partial charge in [-0.3, -0.25) is 14.2 Å². The highest BCUT2D eigenvalue weighted by Crippen LogP contribution is 2.20. The summed E-state index contributed by atoms with van der Waals surface area (Å²) >= 11 is 0. The van der Waals surface area contributed by atoms with Crippen molar-refractivity contribution in [2.45, 2.75) is 38.8 Å². The first-order chi connectivity index (χ1) is 13.5. The molecule has 1 fully saturated rings. The Balaban J connectivity index is 1.82. The van der Waals surface area contributed by atoms with Crippen LogP contribution < -0.4 is 5.56 Å². The van der Waals surface area contributed by atoms with Crippen LogP contribution in [0.4, 0.5) is 4.39 Å². The second-order valence-corrected chi connectivity index (χ2v) is 7.34. The maximum absolute atomic E-state index is 13.2. The van der Waals surface area contributed by atoms with Gasteiger partial charge in [0.2, 0.25) is 0 Å². The summed E-state index contributed by atoms with van der Waals surface area (Å²) in [6, 6.07) is 11.4. The summed E-state index contributed by atoms with van der Waals surface area (Å²) in [4.78, 5) is 32.6. The summed E-state index contributed by atoms with van der Waals surface area (Å²) < 4.78 is 14.7. The fraction of sp³-hybridized carbons (Fsp3) is 0.318. The molecule has 0 spiro atoms. The van der Waals surface area contributed by atoms with Gasteiger partial charge >= 0.3 is 0 Å². The second-order valence-electron chi connectivity index (χ2n) is 7.34. The molecule has 1 unspecified atom stereocenters. The van der Waals surface area contributed by atoms with Crippen molar-refractivity contribution in [3.8, 4) is 0 Å². The van der Waals surface area contributed by atoms with E-state index in [0.717, 1.165) is 30.2 Å². The largest absolute Gasteiger partial charge is 0.336 e. The average Bonchev–Trinajstić information content (AvgIpc) is 2.71. The van der Waals surface area contributed by atoms with Crippen LogP contribution in [0.3, 0.4) is 0 Å². The molecule has 144 valence electrons. The number of rotatable bonds is 3. The van der Waals surface area contributed by atoms with Gasteiger partial charge in [0.05, 0.1) is 6.54 Å². The van der Waals surface area contributed by atoms with Crippen molar-refractivity contribution in [1.82, 2.24) is 14.5 Å². The van der Waals surface area contributed by atoms with Crippen LogP contribution in [0.2, 0.25) is 0 Å². The van der Waals surface area contributed by atoms with Gasteiger partial charge in [-0.2, -0.15) is 0 Å². The summed E-state index contributed by atoms with van der Waals surface area (Å²) in [5, 5.41) is 0.734. The number of halogens is 1. The molecule has 28 heavy (non-hydrogen) atoms. The number of benzene rings is 1. The number of piperidine rings is 1. The van der Waals surface area contributed by atoms with E-state index >= 15 is 0 Å². The zero-order chi connectivity index (χ0) is 19.7. The summed E-state index contributed by atoms with van der Waals surface area (Å²) in [5.74, 6) is -0.557. The van der Waals surface area contributed by atoms with E-state index in [0.29, 0.717) is 12.2 Å². The van der Waals surface area contributed by atoms with Crippen molar-refractivity contribution in [1.29, 1.82) is 0 Å². The van der Waals surface area contributed by atoms with Gasteiger partial charge in [-0.1, -0.05) is 12.1 Å². The molecule has 1 aliphatic heterocycles. The number of amides is 1. The molecule has 3 heterocycles. The Bertz CT molecular complexity index is 1080. The molecule has 1 atom stereocenters.